The van der Waals surface area contributed by atoms with Crippen molar-refractivity contribution in [3.63, 3.8) is 0 Å². The molecule has 2 atom stereocenters. The van der Waals surface area contributed by atoms with Crippen LogP contribution in [0.4, 0.5) is 0 Å². The van der Waals surface area contributed by atoms with Crippen molar-refractivity contribution >= 4 is 0 Å². The number of rotatable bonds is 1. The van der Waals surface area contributed by atoms with Gasteiger partial charge in [-0.3, -0.25) is 5.32 Å². The Morgan fingerprint density at radius 3 is 3.00 bits per heavy atom. The lowest BCUT2D eigenvalue weighted by Gasteiger charge is -2.05. The molecule has 0 radical (unpaired) electrons. The molecule has 0 aromatic heterocycles. The molecule has 1 heterocycles. The highest BCUT2D eigenvalue weighted by atomic mass is 16.6. The molecule has 1 aliphatic heterocycles. The molecule has 2 rings (SSSR count). The van der Waals surface area contributed by atoms with Gasteiger partial charge < -0.3 is 4.74 Å². The van der Waals surface area contributed by atoms with E-state index in [0.717, 1.165) is 6.42 Å². The third-order valence-electron chi connectivity index (χ3n) is 2.05. The summed E-state index contributed by atoms with van der Waals surface area (Å²) >= 11 is 0. The molecule has 1 N–H and O–H groups in total. The summed E-state index contributed by atoms with van der Waals surface area (Å²) in [5, 5.41) is 3.09. The van der Waals surface area contributed by atoms with E-state index >= 15 is 0 Å². The van der Waals surface area contributed by atoms with Gasteiger partial charge in [0.2, 0.25) is 0 Å². The van der Waals surface area contributed by atoms with Crippen LogP contribution in [0.2, 0.25) is 0 Å². The molecule has 1 fully saturated rings. The number of hydrogen-bond acceptors (Lipinski definition) is 2. The van der Waals surface area contributed by atoms with Crippen molar-refractivity contribution < 1.29 is 4.74 Å². The Balaban J connectivity index is 2.08. The van der Waals surface area contributed by atoms with Gasteiger partial charge in [0.1, 0.15) is 11.8 Å². The summed E-state index contributed by atoms with van der Waals surface area (Å²) in [4.78, 5) is 0. The minimum atomic E-state index is 0.0174. The molecule has 2 aliphatic rings. The van der Waals surface area contributed by atoms with Crippen LogP contribution < -0.4 is 5.32 Å². The molecule has 1 spiro atoms. The van der Waals surface area contributed by atoms with Crippen molar-refractivity contribution in [3.05, 3.63) is 24.3 Å². The fraction of sp³-hybridized carbons (Fsp3) is 0.500. The topological polar surface area (TPSA) is 24.6 Å². The second kappa shape index (κ2) is 1.94. The van der Waals surface area contributed by atoms with Gasteiger partial charge in [-0.25, -0.2) is 0 Å². The van der Waals surface area contributed by atoms with Crippen LogP contribution in [0.1, 0.15) is 6.42 Å². The van der Waals surface area contributed by atoms with E-state index in [-0.39, 0.29) is 11.8 Å². The van der Waals surface area contributed by atoms with E-state index in [9.17, 15) is 0 Å². The van der Waals surface area contributed by atoms with E-state index in [1.807, 2.05) is 13.1 Å². The van der Waals surface area contributed by atoms with E-state index in [0.29, 0.717) is 0 Å². The summed E-state index contributed by atoms with van der Waals surface area (Å²) in [5.41, 5.74) is 0.0174. The van der Waals surface area contributed by atoms with Crippen LogP contribution in [0, 0.1) is 0 Å². The van der Waals surface area contributed by atoms with Crippen molar-refractivity contribution in [2.45, 2.75) is 18.2 Å². The Morgan fingerprint density at radius 2 is 2.50 bits per heavy atom. The molecule has 10 heavy (non-hydrogen) atoms. The van der Waals surface area contributed by atoms with Crippen LogP contribution in [0.15, 0.2) is 24.3 Å². The van der Waals surface area contributed by atoms with Gasteiger partial charge in [0.25, 0.3) is 0 Å². The lowest BCUT2D eigenvalue weighted by molar-refractivity contribution is 0.320. The number of ether oxygens (including phenoxy) is 1. The van der Waals surface area contributed by atoms with E-state index in [1.54, 1.807) is 0 Å². The van der Waals surface area contributed by atoms with Crippen molar-refractivity contribution in [1.82, 2.24) is 5.32 Å². The third kappa shape index (κ3) is 0.728. The quantitative estimate of drug-likeness (QED) is 0.541. The van der Waals surface area contributed by atoms with E-state index in [2.05, 4.69) is 23.5 Å². The summed E-state index contributed by atoms with van der Waals surface area (Å²) in [6.45, 7) is 0. The number of hydrogen-bond donors (Lipinski definition) is 1. The fourth-order valence-corrected chi connectivity index (χ4v) is 1.39. The highest BCUT2D eigenvalue weighted by Gasteiger charge is 2.53. The molecular formula is C8H11NO. The lowest BCUT2D eigenvalue weighted by atomic mass is 10.0. The third-order valence-corrected chi connectivity index (χ3v) is 2.05. The van der Waals surface area contributed by atoms with Gasteiger partial charge in [-0.15, -0.1) is 0 Å². The van der Waals surface area contributed by atoms with Crippen LogP contribution in [0.5, 0.6) is 0 Å². The minimum Gasteiger partial charge on any atom is -0.345 e. The SMILES string of the molecule is CN[C@@H]1OC12C=CC=CC2. The molecule has 1 unspecified atom stereocenters. The molecule has 54 valence electrons. The zero-order valence-electron chi connectivity index (χ0n) is 6.00. The second-order valence-electron chi connectivity index (χ2n) is 2.73. The summed E-state index contributed by atoms with van der Waals surface area (Å²) in [6.07, 6.45) is 9.61. The monoisotopic (exact) mass is 137 g/mol. The molecule has 1 saturated heterocycles. The summed E-state index contributed by atoms with van der Waals surface area (Å²) < 4.78 is 5.45. The van der Waals surface area contributed by atoms with Crippen LogP contribution in [0.25, 0.3) is 0 Å². The molecule has 1 aliphatic carbocycles. The van der Waals surface area contributed by atoms with E-state index in [1.165, 1.54) is 0 Å². The van der Waals surface area contributed by atoms with Gasteiger partial charge in [0, 0.05) is 6.42 Å². The molecule has 0 bridgehead atoms. The first-order chi connectivity index (χ1) is 4.87. The Hall–Kier alpha value is -0.600. The van der Waals surface area contributed by atoms with Crippen LogP contribution in [0.3, 0.4) is 0 Å². The van der Waals surface area contributed by atoms with Gasteiger partial charge >= 0.3 is 0 Å². The Kier molecular flexibility index (Phi) is 1.19. The molecule has 0 aromatic carbocycles. The second-order valence-corrected chi connectivity index (χ2v) is 2.73. The van der Waals surface area contributed by atoms with Gasteiger partial charge in [-0.05, 0) is 13.1 Å². The van der Waals surface area contributed by atoms with Gasteiger partial charge in [0.15, 0.2) is 0 Å². The maximum Gasteiger partial charge on any atom is 0.142 e. The van der Waals surface area contributed by atoms with Gasteiger partial charge in [0.05, 0.1) is 0 Å². The molecule has 0 aromatic rings. The van der Waals surface area contributed by atoms with Crippen molar-refractivity contribution in [2.75, 3.05) is 7.05 Å². The average Bonchev–Trinajstić information content (AvgIpc) is 2.65. The summed E-state index contributed by atoms with van der Waals surface area (Å²) in [6, 6.07) is 0. The highest BCUT2D eigenvalue weighted by molar-refractivity contribution is 5.26. The van der Waals surface area contributed by atoms with Gasteiger partial charge in [-0.1, -0.05) is 18.2 Å². The largest absolute Gasteiger partial charge is 0.345 e. The molecule has 2 heteroatoms. The van der Waals surface area contributed by atoms with Crippen molar-refractivity contribution in [3.8, 4) is 0 Å². The predicted octanol–water partition coefficient (Wildman–Crippen LogP) is 0.817. The van der Waals surface area contributed by atoms with Crippen LogP contribution >= 0.6 is 0 Å². The number of epoxide rings is 1. The average molecular weight is 137 g/mol. The number of allylic oxidation sites excluding steroid dienone is 2. The summed E-state index contributed by atoms with van der Waals surface area (Å²) in [5.74, 6) is 0. The first-order valence-electron chi connectivity index (χ1n) is 3.57. The first kappa shape index (κ1) is 6.13. The van der Waals surface area contributed by atoms with E-state index < -0.39 is 0 Å². The highest BCUT2D eigenvalue weighted by Crippen LogP contribution is 2.40. The molecular weight excluding hydrogens is 126 g/mol. The standard InChI is InChI=1S/C8H11NO/c1-9-7-8(10-7)5-3-2-4-6-8/h2-5,7,9H,6H2,1H3/t7-,8?/m1/s1. The van der Waals surface area contributed by atoms with Crippen LogP contribution in [-0.4, -0.2) is 18.9 Å². The van der Waals surface area contributed by atoms with Gasteiger partial charge in [-0.2, -0.15) is 0 Å². The molecule has 0 amide bonds. The zero-order valence-corrected chi connectivity index (χ0v) is 6.00. The van der Waals surface area contributed by atoms with Crippen molar-refractivity contribution in [1.29, 1.82) is 0 Å². The van der Waals surface area contributed by atoms with E-state index in [4.69, 9.17) is 4.74 Å². The number of likely N-dealkylation sites (N-methyl/N-ethyl adjacent to an activating group) is 1. The molecule has 0 saturated carbocycles. The Bertz CT molecular complexity index is 197. The smallest absolute Gasteiger partial charge is 0.142 e. The zero-order chi connectivity index (χ0) is 7.03. The summed E-state index contributed by atoms with van der Waals surface area (Å²) in [7, 11) is 1.92. The maximum absolute atomic E-state index is 5.45. The van der Waals surface area contributed by atoms with Crippen LogP contribution in [-0.2, 0) is 4.74 Å². The predicted molar refractivity (Wildman–Crippen MR) is 39.6 cm³/mol. The van der Waals surface area contributed by atoms with Crippen molar-refractivity contribution in [2.24, 2.45) is 0 Å². The normalized spacial score (nSPS) is 42.7. The Labute approximate surface area is 60.6 Å². The molecule has 2 nitrogen and oxygen atoms in total. The minimum absolute atomic E-state index is 0.0174. The Morgan fingerprint density at radius 1 is 1.60 bits per heavy atom. The maximum atomic E-state index is 5.45. The fourth-order valence-electron chi connectivity index (χ4n) is 1.39. The number of nitrogens with one attached hydrogen (secondary N) is 1. The first-order valence-corrected chi connectivity index (χ1v) is 3.57. The lowest BCUT2D eigenvalue weighted by Crippen LogP contribution is -2.21.